The van der Waals surface area contributed by atoms with E-state index in [1.807, 2.05) is 30.3 Å². The molecule has 0 atom stereocenters. The van der Waals surface area contributed by atoms with E-state index < -0.39 is 0 Å². The van der Waals surface area contributed by atoms with Crippen LogP contribution in [0.2, 0.25) is 0 Å². The molecular formula is C15H21N3O2. The normalized spacial score (nSPS) is 14.0. The first-order valence-corrected chi connectivity index (χ1v) is 6.98. The maximum absolute atomic E-state index is 12.2. The van der Waals surface area contributed by atoms with Crippen LogP contribution in [0.25, 0.3) is 0 Å². The zero-order chi connectivity index (χ0) is 14.4. The van der Waals surface area contributed by atoms with Crippen molar-refractivity contribution in [2.45, 2.75) is 31.8 Å². The quantitative estimate of drug-likeness (QED) is 0.731. The highest BCUT2D eigenvalue weighted by atomic mass is 16.2. The Balaban J connectivity index is 1.91. The summed E-state index contributed by atoms with van der Waals surface area (Å²) in [5.41, 5.74) is 6.23. The summed E-state index contributed by atoms with van der Waals surface area (Å²) in [6.45, 7) is 1.21. The summed E-state index contributed by atoms with van der Waals surface area (Å²) in [5, 5.41) is 3.20. The molecule has 0 bridgehead atoms. The van der Waals surface area contributed by atoms with E-state index in [0.717, 1.165) is 18.4 Å². The SMILES string of the molecule is NC(=O)CCN(Cc1ccccc1)C(=O)CNC1CC1. The third kappa shape index (κ3) is 5.01. The molecule has 0 aromatic heterocycles. The van der Waals surface area contributed by atoms with Gasteiger partial charge in [-0.2, -0.15) is 0 Å². The van der Waals surface area contributed by atoms with Crippen LogP contribution < -0.4 is 11.1 Å². The van der Waals surface area contributed by atoms with Gasteiger partial charge >= 0.3 is 0 Å². The number of nitrogens with two attached hydrogens (primary N) is 1. The summed E-state index contributed by atoms with van der Waals surface area (Å²) in [4.78, 5) is 24.8. The predicted molar refractivity (Wildman–Crippen MR) is 76.7 cm³/mol. The summed E-state index contributed by atoms with van der Waals surface area (Å²) in [6, 6.07) is 10.3. The molecule has 5 heteroatoms. The molecule has 0 saturated heterocycles. The van der Waals surface area contributed by atoms with Crippen LogP contribution in [0.5, 0.6) is 0 Å². The fourth-order valence-corrected chi connectivity index (χ4v) is 1.97. The summed E-state index contributed by atoms with van der Waals surface area (Å²) in [5.74, 6) is -0.368. The van der Waals surface area contributed by atoms with E-state index in [1.54, 1.807) is 4.90 Å². The van der Waals surface area contributed by atoms with Crippen LogP contribution in [0.15, 0.2) is 30.3 Å². The highest BCUT2D eigenvalue weighted by molar-refractivity contribution is 5.79. The molecule has 20 heavy (non-hydrogen) atoms. The second kappa shape index (κ2) is 7.05. The van der Waals surface area contributed by atoms with Gasteiger partial charge in [-0.1, -0.05) is 30.3 Å². The largest absolute Gasteiger partial charge is 0.370 e. The zero-order valence-corrected chi connectivity index (χ0v) is 11.5. The first-order valence-electron chi connectivity index (χ1n) is 6.98. The van der Waals surface area contributed by atoms with Crippen LogP contribution >= 0.6 is 0 Å². The van der Waals surface area contributed by atoms with E-state index in [2.05, 4.69) is 5.32 Å². The van der Waals surface area contributed by atoms with Gasteiger partial charge in [-0.25, -0.2) is 0 Å². The number of rotatable bonds is 8. The minimum Gasteiger partial charge on any atom is -0.370 e. The third-order valence-electron chi connectivity index (χ3n) is 3.32. The molecule has 1 aromatic rings. The average molecular weight is 275 g/mol. The fraction of sp³-hybridized carbons (Fsp3) is 0.467. The van der Waals surface area contributed by atoms with Crippen LogP contribution in [0.3, 0.4) is 0 Å². The molecule has 1 saturated carbocycles. The fourth-order valence-electron chi connectivity index (χ4n) is 1.97. The number of primary amides is 1. The van der Waals surface area contributed by atoms with E-state index in [4.69, 9.17) is 5.73 Å². The number of amides is 2. The summed E-state index contributed by atoms with van der Waals surface area (Å²) in [7, 11) is 0. The van der Waals surface area contributed by atoms with Gasteiger partial charge in [0.15, 0.2) is 0 Å². The Morgan fingerprint density at radius 2 is 1.95 bits per heavy atom. The van der Waals surface area contributed by atoms with Crippen LogP contribution in [0.4, 0.5) is 0 Å². The predicted octanol–water partition coefficient (Wildman–Crippen LogP) is 0.643. The van der Waals surface area contributed by atoms with E-state index in [0.29, 0.717) is 25.7 Å². The minimum atomic E-state index is -0.383. The van der Waals surface area contributed by atoms with E-state index in [1.165, 1.54) is 0 Å². The van der Waals surface area contributed by atoms with Crippen LogP contribution in [-0.2, 0) is 16.1 Å². The van der Waals surface area contributed by atoms with Crippen molar-refractivity contribution < 1.29 is 9.59 Å². The highest BCUT2D eigenvalue weighted by Crippen LogP contribution is 2.18. The molecule has 2 amide bonds. The smallest absolute Gasteiger partial charge is 0.236 e. The van der Waals surface area contributed by atoms with Crippen molar-refractivity contribution in [2.75, 3.05) is 13.1 Å². The Hall–Kier alpha value is -1.88. The molecule has 1 fully saturated rings. The number of nitrogens with one attached hydrogen (secondary N) is 1. The number of carbonyl (C=O) groups excluding carboxylic acids is 2. The Morgan fingerprint density at radius 1 is 1.25 bits per heavy atom. The van der Waals surface area contributed by atoms with Gasteiger partial charge in [-0.3, -0.25) is 9.59 Å². The van der Waals surface area contributed by atoms with Crippen LogP contribution in [0.1, 0.15) is 24.8 Å². The van der Waals surface area contributed by atoms with E-state index >= 15 is 0 Å². The first kappa shape index (κ1) is 14.5. The van der Waals surface area contributed by atoms with Gasteiger partial charge in [0.25, 0.3) is 0 Å². The van der Waals surface area contributed by atoms with Gasteiger partial charge in [-0.05, 0) is 18.4 Å². The third-order valence-corrected chi connectivity index (χ3v) is 3.32. The molecule has 1 aromatic carbocycles. The lowest BCUT2D eigenvalue weighted by atomic mass is 10.2. The lowest BCUT2D eigenvalue weighted by Gasteiger charge is -2.22. The number of benzene rings is 1. The summed E-state index contributed by atoms with van der Waals surface area (Å²) < 4.78 is 0. The molecule has 3 N–H and O–H groups in total. The standard InChI is InChI=1S/C15H21N3O2/c16-14(19)8-9-18(11-12-4-2-1-3-5-12)15(20)10-17-13-6-7-13/h1-5,13,17H,6-11H2,(H2,16,19). The second-order valence-corrected chi connectivity index (χ2v) is 5.17. The number of hydrogen-bond acceptors (Lipinski definition) is 3. The van der Waals surface area contributed by atoms with Gasteiger partial charge in [0, 0.05) is 25.6 Å². The number of nitrogens with zero attached hydrogens (tertiary/aromatic N) is 1. The van der Waals surface area contributed by atoms with Crippen LogP contribution in [-0.4, -0.2) is 35.8 Å². The van der Waals surface area contributed by atoms with E-state index in [9.17, 15) is 9.59 Å². The minimum absolute atomic E-state index is 0.0157. The molecule has 2 rings (SSSR count). The average Bonchev–Trinajstić information content (AvgIpc) is 3.26. The Morgan fingerprint density at radius 3 is 2.55 bits per heavy atom. The van der Waals surface area contributed by atoms with Crippen molar-refractivity contribution in [1.82, 2.24) is 10.2 Å². The molecule has 0 spiro atoms. The molecule has 0 radical (unpaired) electrons. The second-order valence-electron chi connectivity index (χ2n) is 5.17. The summed E-state index contributed by atoms with van der Waals surface area (Å²) in [6.07, 6.45) is 2.49. The Kier molecular flexibility index (Phi) is 5.12. The highest BCUT2D eigenvalue weighted by Gasteiger charge is 2.23. The molecule has 0 unspecified atom stereocenters. The van der Waals surface area contributed by atoms with E-state index in [-0.39, 0.29) is 18.2 Å². The lowest BCUT2D eigenvalue weighted by molar-refractivity contribution is -0.131. The molecule has 0 aliphatic heterocycles. The molecule has 5 nitrogen and oxygen atoms in total. The molecule has 1 aliphatic carbocycles. The van der Waals surface area contributed by atoms with Crippen molar-refractivity contribution in [3.8, 4) is 0 Å². The molecule has 108 valence electrons. The van der Waals surface area contributed by atoms with Crippen molar-refractivity contribution in [2.24, 2.45) is 5.73 Å². The first-order chi connectivity index (χ1) is 9.65. The number of carbonyl (C=O) groups is 2. The van der Waals surface area contributed by atoms with Gasteiger partial charge in [0.2, 0.25) is 11.8 Å². The monoisotopic (exact) mass is 275 g/mol. The molecular weight excluding hydrogens is 254 g/mol. The Bertz CT molecular complexity index is 457. The maximum Gasteiger partial charge on any atom is 0.236 e. The van der Waals surface area contributed by atoms with Crippen LogP contribution in [0, 0.1) is 0 Å². The topological polar surface area (TPSA) is 75.4 Å². The number of hydrogen-bond donors (Lipinski definition) is 2. The zero-order valence-electron chi connectivity index (χ0n) is 11.5. The maximum atomic E-state index is 12.2. The van der Waals surface area contributed by atoms with Gasteiger partial charge in [0.1, 0.15) is 0 Å². The summed E-state index contributed by atoms with van der Waals surface area (Å²) >= 11 is 0. The van der Waals surface area contributed by atoms with Crippen molar-refractivity contribution in [3.63, 3.8) is 0 Å². The molecule has 0 heterocycles. The molecule has 1 aliphatic rings. The van der Waals surface area contributed by atoms with Crippen molar-refractivity contribution >= 4 is 11.8 Å². The van der Waals surface area contributed by atoms with Gasteiger partial charge in [-0.15, -0.1) is 0 Å². The van der Waals surface area contributed by atoms with Gasteiger partial charge < -0.3 is 16.0 Å². The van der Waals surface area contributed by atoms with Crippen molar-refractivity contribution in [1.29, 1.82) is 0 Å². The van der Waals surface area contributed by atoms with Gasteiger partial charge in [0.05, 0.1) is 6.54 Å². The lowest BCUT2D eigenvalue weighted by Crippen LogP contribution is -2.40. The van der Waals surface area contributed by atoms with Crippen molar-refractivity contribution in [3.05, 3.63) is 35.9 Å². The Labute approximate surface area is 119 Å².